The minimum Gasteiger partial charge on any atom is -0.444 e. The number of amides is 1. The maximum Gasteiger partial charge on any atom is 0.410 e. The van der Waals surface area contributed by atoms with Crippen LogP contribution in [0.3, 0.4) is 0 Å². The molecule has 1 N–H and O–H groups in total. The van der Waals surface area contributed by atoms with Crippen LogP contribution in [-0.2, 0) is 16.2 Å². The van der Waals surface area contributed by atoms with E-state index < -0.39 is 14.0 Å². The topological polar surface area (TPSA) is 86.7 Å². The molecule has 2 fully saturated rings. The molecular weight excluding hydrogens is 450 g/mol. The van der Waals surface area contributed by atoms with Crippen molar-refractivity contribution >= 4 is 14.5 Å². The number of nitroso groups, excluding NO2 is 1. The van der Waals surface area contributed by atoms with E-state index in [0.717, 1.165) is 44.3 Å². The van der Waals surface area contributed by atoms with E-state index in [9.17, 15) is 9.70 Å². The van der Waals surface area contributed by atoms with Gasteiger partial charge in [-0.25, -0.2) is 4.79 Å². The third-order valence-electron chi connectivity index (χ3n) is 6.64. The highest BCUT2D eigenvalue weighted by atomic mass is 28.3. The molecule has 0 bridgehead atoms. The molecule has 2 saturated heterocycles. The number of likely N-dealkylation sites (tertiary alicyclic amines) is 1. The Hall–Kier alpha value is -2.01. The SMILES string of the molecule is CC(C)(C)OC(=O)N1CCC(N(N=O)[Si](C)(C)N2CCC[C@@H](NOCc3ccccc3)C2)CC1. The van der Waals surface area contributed by atoms with Crippen LogP contribution in [0, 0.1) is 4.91 Å². The number of carbonyl (C=O) groups excluding carboxylic acids is 1. The highest BCUT2D eigenvalue weighted by Gasteiger charge is 2.44. The first-order valence-electron chi connectivity index (χ1n) is 12.4. The number of nitrogens with one attached hydrogen (secondary N) is 1. The average Bonchev–Trinajstić information content (AvgIpc) is 2.80. The number of ether oxygens (including phenoxy) is 1. The van der Waals surface area contributed by atoms with E-state index in [1.165, 1.54) is 0 Å². The Balaban J connectivity index is 1.52. The van der Waals surface area contributed by atoms with Gasteiger partial charge in [-0.1, -0.05) is 30.3 Å². The fourth-order valence-corrected chi connectivity index (χ4v) is 7.78. The van der Waals surface area contributed by atoms with Crippen molar-refractivity contribution in [1.29, 1.82) is 0 Å². The van der Waals surface area contributed by atoms with E-state index in [-0.39, 0.29) is 18.2 Å². The normalized spacial score (nSPS) is 20.7. The number of carbonyl (C=O) groups is 1. The number of rotatable bonds is 8. The fourth-order valence-electron chi connectivity index (χ4n) is 4.77. The quantitative estimate of drug-likeness (QED) is 0.330. The lowest BCUT2D eigenvalue weighted by atomic mass is 10.1. The van der Waals surface area contributed by atoms with E-state index in [1.54, 1.807) is 4.90 Å². The number of piperidine rings is 2. The largest absolute Gasteiger partial charge is 0.444 e. The first-order valence-corrected chi connectivity index (χ1v) is 15.3. The van der Waals surface area contributed by atoms with Crippen LogP contribution in [0.1, 0.15) is 52.0 Å². The minimum atomic E-state index is -2.29. The second-order valence-electron chi connectivity index (χ2n) is 10.8. The van der Waals surface area contributed by atoms with Crippen molar-refractivity contribution in [1.82, 2.24) is 19.6 Å². The highest BCUT2D eigenvalue weighted by molar-refractivity contribution is 6.71. The molecule has 1 amide bonds. The summed E-state index contributed by atoms with van der Waals surface area (Å²) in [5.74, 6) is 0. The van der Waals surface area contributed by atoms with Crippen LogP contribution in [0.2, 0.25) is 13.1 Å². The van der Waals surface area contributed by atoms with Crippen molar-refractivity contribution in [2.24, 2.45) is 5.29 Å². The summed E-state index contributed by atoms with van der Waals surface area (Å²) in [7, 11) is -2.29. The van der Waals surface area contributed by atoms with E-state index in [0.29, 0.717) is 19.7 Å². The standard InChI is InChI=1S/C24H41N5O4Si/c1-24(2,3)33-23(30)27-16-13-22(14-17-27)29(26-31)34(4,5)28-15-9-12-21(18-28)25-32-19-20-10-7-6-8-11-20/h6-8,10-11,21-22,25H,9,12-19H2,1-5H3/t21-/m1/s1. The van der Waals surface area contributed by atoms with Crippen molar-refractivity contribution in [3.63, 3.8) is 0 Å². The van der Waals surface area contributed by atoms with Crippen LogP contribution in [0.4, 0.5) is 4.79 Å². The molecular formula is C24H41N5O4Si. The van der Waals surface area contributed by atoms with Crippen molar-refractivity contribution < 1.29 is 14.4 Å². The van der Waals surface area contributed by atoms with E-state index in [4.69, 9.17) is 9.57 Å². The number of hydrogen-bond donors (Lipinski definition) is 1. The molecule has 10 heteroatoms. The number of nitrogens with zero attached hydrogens (tertiary/aromatic N) is 4. The van der Waals surface area contributed by atoms with Crippen LogP contribution in [-0.4, -0.2) is 72.5 Å². The molecule has 190 valence electrons. The van der Waals surface area contributed by atoms with Crippen molar-refractivity contribution in [3.8, 4) is 0 Å². The summed E-state index contributed by atoms with van der Waals surface area (Å²) in [6, 6.07) is 10.4. The van der Waals surface area contributed by atoms with Crippen molar-refractivity contribution in [2.75, 3.05) is 26.2 Å². The van der Waals surface area contributed by atoms with Crippen molar-refractivity contribution in [3.05, 3.63) is 40.8 Å². The molecule has 0 unspecified atom stereocenters. The van der Waals surface area contributed by atoms with Gasteiger partial charge in [0.05, 0.1) is 6.61 Å². The molecule has 2 heterocycles. The van der Waals surface area contributed by atoms with Gasteiger partial charge in [-0.2, -0.15) is 5.48 Å². The minimum absolute atomic E-state index is 0.0421. The number of hydrogen-bond acceptors (Lipinski definition) is 7. The monoisotopic (exact) mass is 491 g/mol. The molecule has 0 aliphatic carbocycles. The van der Waals surface area contributed by atoms with Crippen molar-refractivity contribution in [2.45, 2.75) is 83.8 Å². The van der Waals surface area contributed by atoms with Gasteiger partial charge in [-0.05, 0) is 71.7 Å². The molecule has 0 spiro atoms. The lowest BCUT2D eigenvalue weighted by molar-refractivity contribution is -0.00961. The zero-order valence-corrected chi connectivity index (χ0v) is 22.3. The Bertz CT molecular complexity index is 796. The van der Waals surface area contributed by atoms with Crippen LogP contribution >= 0.6 is 0 Å². The van der Waals surface area contributed by atoms with Crippen LogP contribution in [0.5, 0.6) is 0 Å². The molecule has 3 rings (SSSR count). The van der Waals surface area contributed by atoms with Gasteiger partial charge in [-0.3, -0.25) is 9.51 Å². The number of hydroxylamine groups is 1. The van der Waals surface area contributed by atoms with Crippen LogP contribution in [0.25, 0.3) is 0 Å². The Morgan fingerprint density at radius 1 is 1.15 bits per heavy atom. The molecule has 34 heavy (non-hydrogen) atoms. The van der Waals surface area contributed by atoms with Gasteiger partial charge in [-0.15, -0.1) is 4.91 Å². The van der Waals surface area contributed by atoms with Gasteiger partial charge < -0.3 is 14.2 Å². The zero-order chi connectivity index (χ0) is 24.8. The Kier molecular flexibility index (Phi) is 9.08. The summed E-state index contributed by atoms with van der Waals surface area (Å²) in [5.41, 5.74) is 3.86. The second kappa shape index (κ2) is 11.6. The first-order chi connectivity index (χ1) is 16.1. The van der Waals surface area contributed by atoms with Crippen LogP contribution in [0.15, 0.2) is 35.6 Å². The maximum absolute atomic E-state index is 12.4. The maximum atomic E-state index is 12.4. The molecule has 2 aliphatic rings. The summed E-state index contributed by atoms with van der Waals surface area (Å²) in [5, 5.41) is 3.53. The molecule has 2 aliphatic heterocycles. The molecule has 0 radical (unpaired) electrons. The van der Waals surface area contributed by atoms with E-state index in [1.807, 2.05) is 55.8 Å². The van der Waals surface area contributed by atoms with E-state index >= 15 is 0 Å². The summed E-state index contributed by atoms with van der Waals surface area (Å²) in [6.07, 6.45) is 3.24. The smallest absolute Gasteiger partial charge is 0.410 e. The molecule has 0 aromatic heterocycles. The first kappa shape index (κ1) is 26.6. The van der Waals surface area contributed by atoms with Gasteiger partial charge in [0.15, 0.2) is 0 Å². The summed E-state index contributed by atoms with van der Waals surface area (Å²) in [4.78, 5) is 32.0. The third kappa shape index (κ3) is 7.24. The second-order valence-corrected chi connectivity index (χ2v) is 14.9. The van der Waals surface area contributed by atoms with Crippen LogP contribution < -0.4 is 5.48 Å². The van der Waals surface area contributed by atoms with E-state index in [2.05, 4.69) is 28.4 Å². The lowest BCUT2D eigenvalue weighted by Gasteiger charge is -2.48. The summed E-state index contributed by atoms with van der Waals surface area (Å²) < 4.78 is 9.79. The highest BCUT2D eigenvalue weighted by Crippen LogP contribution is 2.28. The Morgan fingerprint density at radius 2 is 1.82 bits per heavy atom. The van der Waals surface area contributed by atoms with Gasteiger partial charge in [0.2, 0.25) is 0 Å². The average molecular weight is 492 g/mol. The predicted octanol–water partition coefficient (Wildman–Crippen LogP) is 4.26. The Labute approximate surface area is 204 Å². The van der Waals surface area contributed by atoms with Gasteiger partial charge >= 0.3 is 6.09 Å². The molecule has 9 nitrogen and oxygen atoms in total. The van der Waals surface area contributed by atoms with Gasteiger partial charge in [0.1, 0.15) is 5.60 Å². The zero-order valence-electron chi connectivity index (χ0n) is 21.3. The predicted molar refractivity (Wildman–Crippen MR) is 135 cm³/mol. The molecule has 0 saturated carbocycles. The third-order valence-corrected chi connectivity index (χ3v) is 10.2. The molecule has 1 aromatic rings. The fraction of sp³-hybridized carbons (Fsp3) is 0.708. The van der Waals surface area contributed by atoms with Gasteiger partial charge in [0, 0.05) is 37.0 Å². The number of benzene rings is 1. The van der Waals surface area contributed by atoms with Gasteiger partial charge in [0.25, 0.3) is 8.40 Å². The Morgan fingerprint density at radius 3 is 2.44 bits per heavy atom. The summed E-state index contributed by atoms with van der Waals surface area (Å²) in [6.45, 7) is 13.5. The lowest BCUT2D eigenvalue weighted by Crippen LogP contribution is -2.66. The summed E-state index contributed by atoms with van der Waals surface area (Å²) >= 11 is 0. The molecule has 1 aromatic carbocycles. The molecule has 1 atom stereocenters.